The SMILES string of the molecule is O=[N+]([O-])c1cccnc1[S@@](=O)CC1CCNCC1. The van der Waals surface area contributed by atoms with Crippen LogP contribution in [0.2, 0.25) is 0 Å². The van der Waals surface area contributed by atoms with E-state index in [0.717, 1.165) is 25.9 Å². The van der Waals surface area contributed by atoms with Crippen molar-refractivity contribution in [3.63, 3.8) is 0 Å². The lowest BCUT2D eigenvalue weighted by Gasteiger charge is -2.21. The van der Waals surface area contributed by atoms with Gasteiger partial charge in [-0.25, -0.2) is 4.98 Å². The maximum absolute atomic E-state index is 12.2. The van der Waals surface area contributed by atoms with Crippen LogP contribution in [0, 0.1) is 16.0 Å². The van der Waals surface area contributed by atoms with Gasteiger partial charge in [-0.2, -0.15) is 0 Å². The van der Waals surface area contributed by atoms with Crippen LogP contribution >= 0.6 is 0 Å². The Bertz CT molecular complexity index is 461. The van der Waals surface area contributed by atoms with Crippen LogP contribution in [0.25, 0.3) is 0 Å². The molecular weight excluding hydrogens is 254 g/mol. The maximum Gasteiger partial charge on any atom is 0.303 e. The lowest BCUT2D eigenvalue weighted by molar-refractivity contribution is -0.388. The van der Waals surface area contributed by atoms with Crippen molar-refractivity contribution in [3.05, 3.63) is 28.4 Å². The van der Waals surface area contributed by atoms with E-state index in [1.54, 1.807) is 0 Å². The Morgan fingerprint density at radius 2 is 2.22 bits per heavy atom. The Hall–Kier alpha value is -1.34. The number of rotatable bonds is 4. The zero-order valence-corrected chi connectivity index (χ0v) is 10.7. The summed E-state index contributed by atoms with van der Waals surface area (Å²) in [7, 11) is -1.39. The second-order valence-electron chi connectivity index (χ2n) is 4.29. The molecule has 0 radical (unpaired) electrons. The zero-order chi connectivity index (χ0) is 13.0. The van der Waals surface area contributed by atoms with Crippen molar-refractivity contribution < 1.29 is 9.13 Å². The minimum absolute atomic E-state index is 0.0982. The first-order valence-electron chi connectivity index (χ1n) is 5.87. The smallest absolute Gasteiger partial charge is 0.303 e. The molecule has 0 aliphatic carbocycles. The van der Waals surface area contributed by atoms with Gasteiger partial charge in [0.2, 0.25) is 5.03 Å². The molecule has 0 saturated carbocycles. The molecule has 2 rings (SSSR count). The molecule has 0 bridgehead atoms. The van der Waals surface area contributed by atoms with Gasteiger partial charge in [-0.1, -0.05) is 0 Å². The molecule has 0 unspecified atom stereocenters. The van der Waals surface area contributed by atoms with Gasteiger partial charge in [0, 0.05) is 18.0 Å². The largest absolute Gasteiger partial charge is 0.317 e. The van der Waals surface area contributed by atoms with Gasteiger partial charge in [0.25, 0.3) is 0 Å². The van der Waals surface area contributed by atoms with E-state index in [1.165, 1.54) is 18.3 Å². The highest BCUT2D eigenvalue weighted by Gasteiger charge is 2.23. The molecule has 1 aliphatic heterocycles. The van der Waals surface area contributed by atoms with Crippen molar-refractivity contribution in [2.75, 3.05) is 18.8 Å². The molecule has 18 heavy (non-hydrogen) atoms. The van der Waals surface area contributed by atoms with E-state index in [9.17, 15) is 14.3 Å². The molecule has 1 fully saturated rings. The van der Waals surface area contributed by atoms with Gasteiger partial charge in [-0.3, -0.25) is 14.3 Å². The number of hydrogen-bond donors (Lipinski definition) is 1. The summed E-state index contributed by atoms with van der Waals surface area (Å²) in [4.78, 5) is 14.2. The van der Waals surface area contributed by atoms with Gasteiger partial charge in [0.15, 0.2) is 0 Å². The predicted octanol–water partition coefficient (Wildman–Crippen LogP) is 1.10. The minimum Gasteiger partial charge on any atom is -0.317 e. The average Bonchev–Trinajstić information content (AvgIpc) is 2.40. The van der Waals surface area contributed by atoms with Crippen molar-refractivity contribution >= 4 is 16.5 Å². The normalized spacial score (nSPS) is 18.4. The van der Waals surface area contributed by atoms with Crippen molar-refractivity contribution in [1.82, 2.24) is 10.3 Å². The fraction of sp³-hybridized carbons (Fsp3) is 0.545. The van der Waals surface area contributed by atoms with Gasteiger partial charge >= 0.3 is 5.69 Å². The van der Waals surface area contributed by atoms with Gasteiger partial charge in [-0.15, -0.1) is 0 Å². The number of nitro groups is 1. The second-order valence-corrected chi connectivity index (χ2v) is 5.70. The monoisotopic (exact) mass is 269 g/mol. The molecule has 0 spiro atoms. The Morgan fingerprint density at radius 3 is 2.89 bits per heavy atom. The molecule has 0 aromatic carbocycles. The van der Waals surface area contributed by atoms with Crippen LogP contribution in [-0.2, 0) is 10.8 Å². The van der Waals surface area contributed by atoms with E-state index in [0.29, 0.717) is 11.7 Å². The molecule has 6 nitrogen and oxygen atoms in total. The Morgan fingerprint density at radius 1 is 1.50 bits per heavy atom. The first kappa shape index (κ1) is 13.1. The number of pyridine rings is 1. The first-order chi connectivity index (χ1) is 8.68. The highest BCUT2D eigenvalue weighted by atomic mass is 32.2. The fourth-order valence-corrected chi connectivity index (χ4v) is 3.51. The van der Waals surface area contributed by atoms with Crippen molar-refractivity contribution in [1.29, 1.82) is 0 Å². The molecule has 0 amide bonds. The molecule has 1 atom stereocenters. The summed E-state index contributed by atoms with van der Waals surface area (Å²) in [6.45, 7) is 1.85. The van der Waals surface area contributed by atoms with Crippen molar-refractivity contribution in [3.8, 4) is 0 Å². The van der Waals surface area contributed by atoms with Crippen LogP contribution in [0.3, 0.4) is 0 Å². The van der Waals surface area contributed by atoms with E-state index >= 15 is 0 Å². The molecule has 1 N–H and O–H groups in total. The molecule has 7 heteroatoms. The quantitative estimate of drug-likeness (QED) is 0.653. The van der Waals surface area contributed by atoms with Crippen LogP contribution in [0.4, 0.5) is 5.69 Å². The van der Waals surface area contributed by atoms with E-state index < -0.39 is 15.7 Å². The summed E-state index contributed by atoms with van der Waals surface area (Å²) < 4.78 is 12.2. The second kappa shape index (κ2) is 6.01. The first-order valence-corrected chi connectivity index (χ1v) is 7.19. The molecule has 1 aromatic rings. The third-order valence-corrected chi connectivity index (χ3v) is 4.53. The predicted molar refractivity (Wildman–Crippen MR) is 67.8 cm³/mol. The van der Waals surface area contributed by atoms with Gasteiger partial charge in [-0.05, 0) is 37.9 Å². The summed E-state index contributed by atoms with van der Waals surface area (Å²) in [5.74, 6) is 0.813. The average molecular weight is 269 g/mol. The van der Waals surface area contributed by atoms with Crippen LogP contribution in [0.1, 0.15) is 12.8 Å². The van der Waals surface area contributed by atoms with Crippen molar-refractivity contribution in [2.24, 2.45) is 5.92 Å². The Labute approximate surface area is 107 Å². The zero-order valence-electron chi connectivity index (χ0n) is 9.87. The third-order valence-electron chi connectivity index (χ3n) is 3.01. The van der Waals surface area contributed by atoms with E-state index in [-0.39, 0.29) is 10.7 Å². The highest BCUT2D eigenvalue weighted by Crippen LogP contribution is 2.22. The van der Waals surface area contributed by atoms with E-state index in [1.807, 2.05) is 0 Å². The standard InChI is InChI=1S/C11H15N3O3S/c15-14(16)10-2-1-5-13-11(10)18(17)8-9-3-6-12-7-4-9/h1-2,5,9,12H,3-4,6-8H2/t18-/m0/s1. The summed E-state index contributed by atoms with van der Waals surface area (Å²) in [5.41, 5.74) is -0.148. The highest BCUT2D eigenvalue weighted by molar-refractivity contribution is 7.85. The van der Waals surface area contributed by atoms with Crippen molar-refractivity contribution in [2.45, 2.75) is 17.9 Å². The van der Waals surface area contributed by atoms with Crippen LogP contribution < -0.4 is 5.32 Å². The number of hydrogen-bond acceptors (Lipinski definition) is 5. The number of nitrogens with zero attached hydrogens (tertiary/aromatic N) is 2. The van der Waals surface area contributed by atoms with Crippen LogP contribution in [0.15, 0.2) is 23.4 Å². The van der Waals surface area contributed by atoms with Crippen LogP contribution in [-0.4, -0.2) is 33.0 Å². The summed E-state index contributed by atoms with van der Waals surface area (Å²) in [5, 5.41) is 14.2. The molecule has 2 heterocycles. The summed E-state index contributed by atoms with van der Waals surface area (Å²) >= 11 is 0. The van der Waals surface area contributed by atoms with E-state index in [2.05, 4.69) is 10.3 Å². The van der Waals surface area contributed by atoms with E-state index in [4.69, 9.17) is 0 Å². The maximum atomic E-state index is 12.2. The lowest BCUT2D eigenvalue weighted by Crippen LogP contribution is -2.30. The molecule has 1 aliphatic rings. The number of nitrogens with one attached hydrogen (secondary N) is 1. The molecule has 1 aromatic heterocycles. The lowest BCUT2D eigenvalue weighted by atomic mass is 10.0. The van der Waals surface area contributed by atoms with Gasteiger partial charge in [0.05, 0.1) is 15.7 Å². The van der Waals surface area contributed by atoms with Crippen LogP contribution in [0.5, 0.6) is 0 Å². The number of piperidine rings is 1. The molecular formula is C11H15N3O3S. The molecule has 1 saturated heterocycles. The Kier molecular flexibility index (Phi) is 4.38. The van der Waals surface area contributed by atoms with Gasteiger partial charge < -0.3 is 5.32 Å². The summed E-state index contributed by atoms with van der Waals surface area (Å²) in [6.07, 6.45) is 3.38. The fourth-order valence-electron chi connectivity index (χ4n) is 2.04. The molecule has 98 valence electrons. The number of aromatic nitrogens is 1. The minimum atomic E-state index is -1.39. The Balaban J connectivity index is 2.10. The topological polar surface area (TPSA) is 85.1 Å². The third kappa shape index (κ3) is 3.11. The van der Waals surface area contributed by atoms with Gasteiger partial charge in [0.1, 0.15) is 0 Å². The summed E-state index contributed by atoms with van der Waals surface area (Å²) in [6, 6.07) is 2.84.